The highest BCUT2D eigenvalue weighted by atomic mass is 19.1. The number of halogens is 2. The predicted molar refractivity (Wildman–Crippen MR) is 55.7 cm³/mol. The second-order valence-corrected chi connectivity index (χ2v) is 4.33. The summed E-state index contributed by atoms with van der Waals surface area (Å²) < 4.78 is 31.8. The molecule has 1 unspecified atom stereocenters. The van der Waals surface area contributed by atoms with Gasteiger partial charge in [0.2, 0.25) is 0 Å². The van der Waals surface area contributed by atoms with Gasteiger partial charge in [0.05, 0.1) is 24.5 Å². The lowest BCUT2D eigenvalue weighted by molar-refractivity contribution is -0.155. The van der Waals surface area contributed by atoms with E-state index in [0.29, 0.717) is 0 Å². The predicted octanol–water partition coefficient (Wildman–Crippen LogP) is 1.95. The number of rotatable bonds is 3. The van der Waals surface area contributed by atoms with E-state index in [9.17, 15) is 13.6 Å². The molecule has 0 bridgehead atoms. The van der Waals surface area contributed by atoms with Gasteiger partial charge in [-0.3, -0.25) is 4.79 Å². The van der Waals surface area contributed by atoms with E-state index in [0.717, 1.165) is 18.2 Å². The normalized spacial score (nSPS) is 19.5. The third-order valence-electron chi connectivity index (χ3n) is 3.38. The van der Waals surface area contributed by atoms with Crippen molar-refractivity contribution in [3.8, 4) is 0 Å². The topological polar surface area (TPSA) is 46.5 Å². The van der Waals surface area contributed by atoms with E-state index in [1.165, 1.54) is 6.92 Å². The summed E-state index contributed by atoms with van der Waals surface area (Å²) in [7, 11) is 0. The summed E-state index contributed by atoms with van der Waals surface area (Å²) in [6.07, 6.45) is 0. The van der Waals surface area contributed by atoms with Crippen molar-refractivity contribution in [2.45, 2.75) is 12.3 Å². The first kappa shape index (κ1) is 12.0. The lowest BCUT2D eigenvalue weighted by Crippen LogP contribution is -2.54. The molecule has 0 saturated carbocycles. The smallest absolute Gasteiger partial charge is 0.307 e. The number of carbonyl (C=O) groups is 1. The van der Waals surface area contributed by atoms with Crippen LogP contribution in [0, 0.1) is 17.6 Å². The summed E-state index contributed by atoms with van der Waals surface area (Å²) in [5, 5.41) is 9.03. The molecule has 0 spiro atoms. The molecule has 1 aromatic rings. The van der Waals surface area contributed by atoms with Crippen molar-refractivity contribution < 1.29 is 23.4 Å². The number of aliphatic carboxylic acids is 1. The van der Waals surface area contributed by atoms with Crippen LogP contribution in [0.5, 0.6) is 0 Å². The van der Waals surface area contributed by atoms with Gasteiger partial charge in [-0.25, -0.2) is 8.78 Å². The average Bonchev–Trinajstić information content (AvgIpc) is 2.21. The van der Waals surface area contributed by atoms with Crippen LogP contribution in [0.25, 0.3) is 0 Å². The van der Waals surface area contributed by atoms with Gasteiger partial charge in [0.15, 0.2) is 0 Å². The van der Waals surface area contributed by atoms with Gasteiger partial charge in [0.25, 0.3) is 0 Å². The van der Waals surface area contributed by atoms with Gasteiger partial charge < -0.3 is 9.84 Å². The van der Waals surface area contributed by atoms with Crippen LogP contribution in [-0.4, -0.2) is 24.3 Å². The Morgan fingerprint density at radius 3 is 2.59 bits per heavy atom. The molecule has 1 aliphatic rings. The van der Waals surface area contributed by atoms with E-state index < -0.39 is 28.9 Å². The Balaban J connectivity index is 2.48. The maximum atomic E-state index is 13.7. The van der Waals surface area contributed by atoms with Crippen molar-refractivity contribution in [2.75, 3.05) is 13.2 Å². The lowest BCUT2D eigenvalue weighted by Gasteiger charge is -2.44. The Morgan fingerprint density at radius 2 is 2.12 bits per heavy atom. The zero-order valence-corrected chi connectivity index (χ0v) is 9.24. The summed E-state index contributed by atoms with van der Waals surface area (Å²) in [5.41, 5.74) is -0.878. The Hall–Kier alpha value is -1.49. The van der Waals surface area contributed by atoms with Gasteiger partial charge in [-0.15, -0.1) is 0 Å². The number of ether oxygens (including phenoxy) is 1. The molecule has 5 heteroatoms. The highest BCUT2D eigenvalue weighted by molar-refractivity contribution is 5.72. The van der Waals surface area contributed by atoms with Gasteiger partial charge in [-0.05, 0) is 18.2 Å². The van der Waals surface area contributed by atoms with Crippen molar-refractivity contribution in [1.82, 2.24) is 0 Å². The van der Waals surface area contributed by atoms with Gasteiger partial charge in [-0.2, -0.15) is 0 Å². The highest BCUT2D eigenvalue weighted by Crippen LogP contribution is 2.41. The van der Waals surface area contributed by atoms with Gasteiger partial charge in [-0.1, -0.05) is 6.92 Å². The molecule has 1 saturated heterocycles. The van der Waals surface area contributed by atoms with Gasteiger partial charge >= 0.3 is 5.97 Å². The molecule has 0 aliphatic carbocycles. The van der Waals surface area contributed by atoms with Crippen LogP contribution in [0.3, 0.4) is 0 Å². The first-order valence-corrected chi connectivity index (χ1v) is 5.23. The summed E-state index contributed by atoms with van der Waals surface area (Å²) in [5.74, 6) is -3.04. The third-order valence-corrected chi connectivity index (χ3v) is 3.38. The molecule has 1 aliphatic heterocycles. The van der Waals surface area contributed by atoms with Crippen LogP contribution in [0.15, 0.2) is 18.2 Å². The van der Waals surface area contributed by atoms with Gasteiger partial charge in [0.1, 0.15) is 11.6 Å². The van der Waals surface area contributed by atoms with Crippen LogP contribution >= 0.6 is 0 Å². The molecule has 1 atom stereocenters. The minimum atomic E-state index is -1.04. The molecular weight excluding hydrogens is 230 g/mol. The molecule has 92 valence electrons. The Labute approximate surface area is 97.0 Å². The van der Waals surface area contributed by atoms with Crippen LogP contribution in [-0.2, 0) is 14.9 Å². The lowest BCUT2D eigenvalue weighted by atomic mass is 9.69. The largest absolute Gasteiger partial charge is 0.481 e. The number of hydrogen-bond acceptors (Lipinski definition) is 2. The fourth-order valence-corrected chi connectivity index (χ4v) is 2.08. The SMILES string of the molecule is CC(C(=O)O)C1(c2cc(F)ccc2F)COC1. The zero-order chi connectivity index (χ0) is 12.6. The number of carboxylic acid groups (broad SMARTS) is 1. The van der Waals surface area contributed by atoms with E-state index >= 15 is 0 Å². The van der Waals surface area contributed by atoms with Crippen molar-refractivity contribution in [3.63, 3.8) is 0 Å². The molecule has 0 aromatic heterocycles. The van der Waals surface area contributed by atoms with Crippen LogP contribution in [0.4, 0.5) is 8.78 Å². The zero-order valence-electron chi connectivity index (χ0n) is 9.24. The third kappa shape index (κ3) is 1.80. The quantitative estimate of drug-likeness (QED) is 0.881. The molecular formula is C12H12F2O3. The maximum absolute atomic E-state index is 13.7. The van der Waals surface area contributed by atoms with Gasteiger partial charge in [0, 0.05) is 5.56 Å². The molecule has 1 aromatic carbocycles. The number of hydrogen-bond donors (Lipinski definition) is 1. The van der Waals surface area contributed by atoms with E-state index in [1.807, 2.05) is 0 Å². The fraction of sp³-hybridized carbons (Fsp3) is 0.417. The molecule has 17 heavy (non-hydrogen) atoms. The molecule has 0 amide bonds. The molecule has 1 fully saturated rings. The molecule has 2 rings (SSSR count). The van der Waals surface area contributed by atoms with Crippen molar-refractivity contribution in [2.24, 2.45) is 5.92 Å². The summed E-state index contributed by atoms with van der Waals surface area (Å²) in [6, 6.07) is 3.08. The van der Waals surface area contributed by atoms with Crippen molar-refractivity contribution in [3.05, 3.63) is 35.4 Å². The van der Waals surface area contributed by atoms with E-state index in [-0.39, 0.29) is 18.8 Å². The Morgan fingerprint density at radius 1 is 1.47 bits per heavy atom. The van der Waals surface area contributed by atoms with E-state index in [4.69, 9.17) is 9.84 Å². The number of benzene rings is 1. The maximum Gasteiger partial charge on any atom is 0.307 e. The Kier molecular flexibility index (Phi) is 2.87. The average molecular weight is 242 g/mol. The molecule has 1 heterocycles. The van der Waals surface area contributed by atoms with E-state index in [1.54, 1.807) is 0 Å². The monoisotopic (exact) mass is 242 g/mol. The highest BCUT2D eigenvalue weighted by Gasteiger charge is 2.49. The molecule has 1 N–H and O–H groups in total. The second-order valence-electron chi connectivity index (χ2n) is 4.33. The standard InChI is InChI=1S/C12H12F2O3/c1-7(11(15)16)12(5-17-6-12)9-4-8(13)2-3-10(9)14/h2-4,7H,5-6H2,1H3,(H,15,16). The van der Waals surface area contributed by atoms with Crippen molar-refractivity contribution in [1.29, 1.82) is 0 Å². The number of carboxylic acids is 1. The molecule has 3 nitrogen and oxygen atoms in total. The first-order chi connectivity index (χ1) is 7.97. The summed E-state index contributed by atoms with van der Waals surface area (Å²) in [6.45, 7) is 1.68. The second kappa shape index (κ2) is 4.07. The molecule has 0 radical (unpaired) electrons. The van der Waals surface area contributed by atoms with Crippen LogP contribution in [0.1, 0.15) is 12.5 Å². The van der Waals surface area contributed by atoms with Crippen molar-refractivity contribution >= 4 is 5.97 Å². The summed E-state index contributed by atoms with van der Waals surface area (Å²) >= 11 is 0. The van der Waals surface area contributed by atoms with Crippen LogP contribution in [0.2, 0.25) is 0 Å². The minimum absolute atomic E-state index is 0.0821. The summed E-state index contributed by atoms with van der Waals surface area (Å²) in [4.78, 5) is 11.0. The van der Waals surface area contributed by atoms with E-state index in [2.05, 4.69) is 0 Å². The minimum Gasteiger partial charge on any atom is -0.481 e. The fourth-order valence-electron chi connectivity index (χ4n) is 2.08. The van der Waals surface area contributed by atoms with Crippen LogP contribution < -0.4 is 0 Å². The first-order valence-electron chi connectivity index (χ1n) is 5.23. The Bertz CT molecular complexity index is 455.